The van der Waals surface area contributed by atoms with Crippen molar-refractivity contribution in [2.45, 2.75) is 24.4 Å². The normalized spacial score (nSPS) is 13.8. The lowest BCUT2D eigenvalue weighted by Gasteiger charge is -2.15. The highest BCUT2D eigenvalue weighted by Gasteiger charge is 2.21. The Hall–Kier alpha value is -2.93. The Morgan fingerprint density at radius 2 is 1.83 bits per heavy atom. The number of hydrogen-bond donors (Lipinski definition) is 0. The third kappa shape index (κ3) is 4.40. The van der Waals surface area contributed by atoms with Gasteiger partial charge in [-0.15, -0.1) is 10.2 Å². The summed E-state index contributed by atoms with van der Waals surface area (Å²) in [5, 5.41) is 9.23. The molecule has 1 fully saturated rings. The number of carbonyl (C=O) groups excluding carboxylic acids is 2. The third-order valence-corrected chi connectivity index (χ3v) is 6.06. The van der Waals surface area contributed by atoms with Crippen LogP contribution in [0.25, 0.3) is 0 Å². The maximum Gasteiger partial charge on any atom is 0.227 e. The number of aromatic nitrogens is 3. The summed E-state index contributed by atoms with van der Waals surface area (Å²) in [4.78, 5) is 26.2. The molecule has 0 radical (unpaired) electrons. The molecule has 1 aromatic heterocycles. The van der Waals surface area contributed by atoms with Crippen LogP contribution in [-0.4, -0.2) is 38.8 Å². The standard InChI is InChI=1S/C22H22N4O2S/c1-25-20(14-16-6-3-2-4-7-16)23-24-22(25)29-15-19(27)17-9-11-18(12-10-17)26-13-5-8-21(26)28/h2-4,6-7,9-12H,5,8,13-15H2,1H3. The number of benzene rings is 2. The van der Waals surface area contributed by atoms with Gasteiger partial charge in [0.25, 0.3) is 0 Å². The Bertz CT molecular complexity index is 1020. The highest BCUT2D eigenvalue weighted by atomic mass is 32.2. The summed E-state index contributed by atoms with van der Waals surface area (Å²) in [6, 6.07) is 17.4. The van der Waals surface area contributed by atoms with Gasteiger partial charge in [-0.2, -0.15) is 0 Å². The second kappa shape index (κ2) is 8.61. The predicted octanol–water partition coefficient (Wildman–Crippen LogP) is 3.51. The molecule has 6 nitrogen and oxygen atoms in total. The topological polar surface area (TPSA) is 68.1 Å². The third-order valence-electron chi connectivity index (χ3n) is 5.04. The number of ketones is 1. The lowest BCUT2D eigenvalue weighted by molar-refractivity contribution is -0.117. The molecule has 0 atom stereocenters. The maximum absolute atomic E-state index is 12.6. The number of Topliss-reactive ketones (excluding diaryl/α,β-unsaturated/α-hetero) is 1. The Morgan fingerprint density at radius 3 is 2.52 bits per heavy atom. The number of amides is 1. The fourth-order valence-electron chi connectivity index (χ4n) is 3.36. The van der Waals surface area contributed by atoms with Crippen molar-refractivity contribution in [2.75, 3.05) is 17.2 Å². The molecule has 1 aliphatic rings. The summed E-state index contributed by atoms with van der Waals surface area (Å²) in [5.74, 6) is 1.33. The molecule has 2 heterocycles. The van der Waals surface area contributed by atoms with Crippen molar-refractivity contribution in [3.05, 3.63) is 71.5 Å². The van der Waals surface area contributed by atoms with Gasteiger partial charge in [-0.3, -0.25) is 9.59 Å². The van der Waals surface area contributed by atoms with Crippen molar-refractivity contribution >= 4 is 29.1 Å². The van der Waals surface area contributed by atoms with Crippen LogP contribution < -0.4 is 4.90 Å². The molecule has 7 heteroatoms. The molecule has 1 amide bonds. The molecule has 1 aliphatic heterocycles. The summed E-state index contributed by atoms with van der Waals surface area (Å²) in [6.45, 7) is 0.749. The van der Waals surface area contributed by atoms with Gasteiger partial charge < -0.3 is 9.47 Å². The van der Waals surface area contributed by atoms with Gasteiger partial charge in [0.1, 0.15) is 5.82 Å². The first kappa shape index (κ1) is 19.4. The van der Waals surface area contributed by atoms with Crippen LogP contribution in [0.1, 0.15) is 34.6 Å². The molecule has 29 heavy (non-hydrogen) atoms. The van der Waals surface area contributed by atoms with Gasteiger partial charge in [-0.25, -0.2) is 0 Å². The van der Waals surface area contributed by atoms with E-state index < -0.39 is 0 Å². The lowest BCUT2D eigenvalue weighted by Crippen LogP contribution is -2.23. The molecule has 1 saturated heterocycles. The van der Waals surface area contributed by atoms with Crippen molar-refractivity contribution in [1.29, 1.82) is 0 Å². The zero-order valence-corrected chi connectivity index (χ0v) is 17.1. The molecule has 3 aromatic rings. The minimum atomic E-state index is 0.0295. The van der Waals surface area contributed by atoms with Crippen LogP contribution in [0.3, 0.4) is 0 Å². The van der Waals surface area contributed by atoms with E-state index in [-0.39, 0.29) is 11.7 Å². The number of hydrogen-bond acceptors (Lipinski definition) is 5. The maximum atomic E-state index is 12.6. The van der Waals surface area contributed by atoms with E-state index >= 15 is 0 Å². The molecule has 0 N–H and O–H groups in total. The summed E-state index contributed by atoms with van der Waals surface area (Å²) < 4.78 is 1.94. The summed E-state index contributed by atoms with van der Waals surface area (Å²) in [7, 11) is 1.92. The first-order chi connectivity index (χ1) is 14.1. The largest absolute Gasteiger partial charge is 0.312 e. The summed E-state index contributed by atoms with van der Waals surface area (Å²) in [6.07, 6.45) is 2.19. The molecule has 0 saturated carbocycles. The Labute approximate surface area is 173 Å². The average molecular weight is 407 g/mol. The first-order valence-electron chi connectivity index (χ1n) is 9.60. The number of rotatable bonds is 7. The van der Waals surface area contributed by atoms with Crippen molar-refractivity contribution in [3.8, 4) is 0 Å². The van der Waals surface area contributed by atoms with Gasteiger partial charge in [-0.05, 0) is 36.2 Å². The van der Waals surface area contributed by atoms with E-state index in [4.69, 9.17) is 0 Å². The van der Waals surface area contributed by atoms with E-state index in [1.165, 1.54) is 17.3 Å². The second-order valence-corrected chi connectivity index (χ2v) is 7.97. The fraction of sp³-hybridized carbons (Fsp3) is 0.273. The summed E-state index contributed by atoms with van der Waals surface area (Å²) in [5.41, 5.74) is 2.67. The van der Waals surface area contributed by atoms with Crippen LogP contribution >= 0.6 is 11.8 Å². The Kier molecular flexibility index (Phi) is 5.76. The quantitative estimate of drug-likeness (QED) is 0.444. The van der Waals surface area contributed by atoms with Gasteiger partial charge in [0, 0.05) is 37.7 Å². The van der Waals surface area contributed by atoms with Gasteiger partial charge >= 0.3 is 0 Å². The first-order valence-corrected chi connectivity index (χ1v) is 10.6. The number of thioether (sulfide) groups is 1. The number of nitrogens with zero attached hydrogens (tertiary/aromatic N) is 4. The number of carbonyl (C=O) groups is 2. The highest BCUT2D eigenvalue weighted by molar-refractivity contribution is 7.99. The molecule has 0 unspecified atom stereocenters. The second-order valence-electron chi connectivity index (χ2n) is 7.03. The molecule has 0 spiro atoms. The lowest BCUT2D eigenvalue weighted by atomic mass is 10.1. The van der Waals surface area contributed by atoms with E-state index in [2.05, 4.69) is 22.3 Å². The molecular weight excluding hydrogens is 384 g/mol. The van der Waals surface area contributed by atoms with Crippen LogP contribution in [0.15, 0.2) is 59.8 Å². The van der Waals surface area contributed by atoms with Crippen LogP contribution in [-0.2, 0) is 18.3 Å². The zero-order valence-electron chi connectivity index (χ0n) is 16.2. The fourth-order valence-corrected chi connectivity index (χ4v) is 4.19. The van der Waals surface area contributed by atoms with Gasteiger partial charge in [0.15, 0.2) is 10.9 Å². The van der Waals surface area contributed by atoms with Gasteiger partial charge in [0.05, 0.1) is 5.75 Å². The van der Waals surface area contributed by atoms with E-state index in [1.54, 1.807) is 17.0 Å². The Morgan fingerprint density at radius 1 is 1.07 bits per heavy atom. The SMILES string of the molecule is Cn1c(Cc2ccccc2)nnc1SCC(=O)c1ccc(N2CCCC2=O)cc1. The molecule has 4 rings (SSSR count). The van der Waals surface area contributed by atoms with Gasteiger partial charge in [-0.1, -0.05) is 42.1 Å². The van der Waals surface area contributed by atoms with Crippen molar-refractivity contribution in [3.63, 3.8) is 0 Å². The van der Waals surface area contributed by atoms with Crippen molar-refractivity contribution < 1.29 is 9.59 Å². The Balaban J connectivity index is 1.36. The average Bonchev–Trinajstić information content (AvgIpc) is 3.33. The molecule has 0 bridgehead atoms. The molecule has 0 aliphatic carbocycles. The van der Waals surface area contributed by atoms with Crippen LogP contribution in [0.4, 0.5) is 5.69 Å². The predicted molar refractivity (Wildman–Crippen MR) is 113 cm³/mol. The van der Waals surface area contributed by atoms with Crippen molar-refractivity contribution in [1.82, 2.24) is 14.8 Å². The van der Waals surface area contributed by atoms with E-state index in [0.29, 0.717) is 24.2 Å². The zero-order chi connectivity index (χ0) is 20.2. The van der Waals surface area contributed by atoms with Crippen LogP contribution in [0.5, 0.6) is 0 Å². The number of anilines is 1. The molecule has 2 aromatic carbocycles. The van der Waals surface area contributed by atoms with E-state index in [1.807, 2.05) is 41.9 Å². The summed E-state index contributed by atoms with van der Waals surface area (Å²) >= 11 is 1.39. The molecule has 148 valence electrons. The van der Waals surface area contributed by atoms with E-state index in [9.17, 15) is 9.59 Å². The highest BCUT2D eigenvalue weighted by Crippen LogP contribution is 2.23. The van der Waals surface area contributed by atoms with Gasteiger partial charge in [0.2, 0.25) is 5.91 Å². The molecular formula is C22H22N4O2S. The minimum absolute atomic E-state index is 0.0295. The van der Waals surface area contributed by atoms with Crippen LogP contribution in [0, 0.1) is 0 Å². The smallest absolute Gasteiger partial charge is 0.227 e. The van der Waals surface area contributed by atoms with Crippen molar-refractivity contribution in [2.24, 2.45) is 7.05 Å². The van der Waals surface area contributed by atoms with Crippen LogP contribution in [0.2, 0.25) is 0 Å². The van der Waals surface area contributed by atoms with E-state index in [0.717, 1.165) is 29.6 Å². The monoisotopic (exact) mass is 406 g/mol. The minimum Gasteiger partial charge on any atom is -0.312 e.